The molecular formula is C18H18O4. The average molecular weight is 298 g/mol. The number of ether oxygens (including phenoxy) is 2. The topological polar surface area (TPSA) is 51.8 Å². The van der Waals surface area contributed by atoms with Gasteiger partial charge in [-0.05, 0) is 36.8 Å². The molecule has 22 heavy (non-hydrogen) atoms. The van der Waals surface area contributed by atoms with Crippen molar-refractivity contribution >= 4 is 11.0 Å². The van der Waals surface area contributed by atoms with Gasteiger partial charge < -0.3 is 19.0 Å². The molecule has 0 aliphatic carbocycles. The van der Waals surface area contributed by atoms with Gasteiger partial charge in [0, 0.05) is 23.1 Å². The molecule has 0 amide bonds. The number of furan rings is 1. The van der Waals surface area contributed by atoms with Gasteiger partial charge >= 0.3 is 0 Å². The lowest BCUT2D eigenvalue weighted by atomic mass is 10.0. The zero-order valence-electron chi connectivity index (χ0n) is 12.6. The third-order valence-electron chi connectivity index (χ3n) is 3.72. The summed E-state index contributed by atoms with van der Waals surface area (Å²) in [5, 5.41) is 10.4. The lowest BCUT2D eigenvalue weighted by Crippen LogP contribution is -1.92. The van der Waals surface area contributed by atoms with Crippen LogP contribution in [0.25, 0.3) is 22.3 Å². The maximum absolute atomic E-state index is 9.38. The van der Waals surface area contributed by atoms with Crippen molar-refractivity contribution in [2.75, 3.05) is 20.8 Å². The molecular weight excluding hydrogens is 280 g/mol. The van der Waals surface area contributed by atoms with Crippen LogP contribution < -0.4 is 9.47 Å². The smallest absolute Gasteiger partial charge is 0.176 e. The van der Waals surface area contributed by atoms with Gasteiger partial charge in [0.15, 0.2) is 11.3 Å². The summed E-state index contributed by atoms with van der Waals surface area (Å²) in [4.78, 5) is 0. The van der Waals surface area contributed by atoms with Gasteiger partial charge in [-0.3, -0.25) is 0 Å². The monoisotopic (exact) mass is 298 g/mol. The number of fused-ring (bicyclic) bond motifs is 1. The van der Waals surface area contributed by atoms with Crippen molar-refractivity contribution in [2.24, 2.45) is 0 Å². The van der Waals surface area contributed by atoms with Crippen molar-refractivity contribution in [2.45, 2.75) is 6.42 Å². The average Bonchev–Trinajstić information content (AvgIpc) is 2.94. The minimum absolute atomic E-state index is 0.0645. The molecule has 0 atom stereocenters. The Morgan fingerprint density at radius 2 is 1.77 bits per heavy atom. The molecule has 0 saturated carbocycles. The molecule has 4 nitrogen and oxygen atoms in total. The van der Waals surface area contributed by atoms with Gasteiger partial charge in [0.25, 0.3) is 0 Å². The first kappa shape index (κ1) is 14.5. The largest absolute Gasteiger partial charge is 0.497 e. The van der Waals surface area contributed by atoms with Gasteiger partial charge in [-0.2, -0.15) is 0 Å². The fourth-order valence-corrected chi connectivity index (χ4v) is 2.64. The summed E-state index contributed by atoms with van der Waals surface area (Å²) >= 11 is 0. The molecule has 0 bridgehead atoms. The Hall–Kier alpha value is -2.46. The van der Waals surface area contributed by atoms with Gasteiger partial charge in [0.1, 0.15) is 11.5 Å². The van der Waals surface area contributed by atoms with Crippen molar-refractivity contribution in [3.8, 4) is 22.8 Å². The number of hydrogen-bond donors (Lipinski definition) is 1. The molecule has 2 aromatic carbocycles. The van der Waals surface area contributed by atoms with Crippen LogP contribution in [0.2, 0.25) is 0 Å². The summed E-state index contributed by atoms with van der Waals surface area (Å²) in [6, 6.07) is 13.5. The van der Waals surface area contributed by atoms with Crippen molar-refractivity contribution < 1.29 is 19.0 Å². The van der Waals surface area contributed by atoms with Crippen LogP contribution in [-0.2, 0) is 6.42 Å². The predicted octanol–water partition coefficient (Wildman–Crippen LogP) is 3.65. The van der Waals surface area contributed by atoms with Crippen molar-refractivity contribution in [1.29, 1.82) is 0 Å². The van der Waals surface area contributed by atoms with E-state index in [4.69, 9.17) is 13.9 Å². The van der Waals surface area contributed by atoms with Gasteiger partial charge in [0.2, 0.25) is 0 Å². The SMILES string of the molecule is COc1ccc(-c2oc3c(OC)cccc3c2CCO)cc1. The van der Waals surface area contributed by atoms with Gasteiger partial charge in [-0.1, -0.05) is 12.1 Å². The zero-order valence-corrected chi connectivity index (χ0v) is 12.6. The van der Waals surface area contributed by atoms with Crippen LogP contribution >= 0.6 is 0 Å². The molecule has 3 aromatic rings. The van der Waals surface area contributed by atoms with E-state index in [1.54, 1.807) is 14.2 Å². The standard InChI is InChI=1S/C18H18O4/c1-20-13-8-6-12(7-9-13)17-15(10-11-19)14-4-3-5-16(21-2)18(14)22-17/h3-9,19H,10-11H2,1-2H3. The second-order valence-corrected chi connectivity index (χ2v) is 4.95. The second kappa shape index (κ2) is 6.12. The second-order valence-electron chi connectivity index (χ2n) is 4.95. The number of aliphatic hydroxyl groups excluding tert-OH is 1. The van der Waals surface area contributed by atoms with Crippen LogP contribution in [-0.4, -0.2) is 25.9 Å². The van der Waals surface area contributed by atoms with Gasteiger partial charge in [0.05, 0.1) is 14.2 Å². The minimum atomic E-state index is 0.0645. The Morgan fingerprint density at radius 1 is 1.00 bits per heavy atom. The fraction of sp³-hybridized carbons (Fsp3) is 0.222. The van der Waals surface area contributed by atoms with Crippen molar-refractivity contribution in [3.05, 3.63) is 48.0 Å². The minimum Gasteiger partial charge on any atom is -0.497 e. The van der Waals surface area contributed by atoms with Crippen LogP contribution in [0.4, 0.5) is 0 Å². The molecule has 0 fully saturated rings. The molecule has 0 aliphatic heterocycles. The quantitative estimate of drug-likeness (QED) is 0.781. The predicted molar refractivity (Wildman–Crippen MR) is 85.5 cm³/mol. The Morgan fingerprint density at radius 3 is 2.41 bits per heavy atom. The van der Waals surface area contributed by atoms with E-state index in [9.17, 15) is 5.11 Å². The van der Waals surface area contributed by atoms with Crippen LogP contribution in [0.5, 0.6) is 11.5 Å². The number of rotatable bonds is 5. The third kappa shape index (κ3) is 2.42. The molecule has 0 unspecified atom stereocenters. The summed E-state index contributed by atoms with van der Waals surface area (Å²) in [5.41, 5.74) is 2.64. The lowest BCUT2D eigenvalue weighted by molar-refractivity contribution is 0.300. The molecule has 3 rings (SSSR count). The number of methoxy groups -OCH3 is 2. The highest BCUT2D eigenvalue weighted by Gasteiger charge is 2.18. The lowest BCUT2D eigenvalue weighted by Gasteiger charge is -2.03. The fourth-order valence-electron chi connectivity index (χ4n) is 2.64. The van der Waals surface area contributed by atoms with E-state index in [0.717, 1.165) is 28.0 Å². The first-order chi connectivity index (χ1) is 10.8. The molecule has 0 saturated heterocycles. The summed E-state index contributed by atoms with van der Waals surface area (Å²) in [5.74, 6) is 2.24. The highest BCUT2D eigenvalue weighted by molar-refractivity contribution is 5.91. The Bertz CT molecular complexity index is 772. The highest BCUT2D eigenvalue weighted by Crippen LogP contribution is 2.38. The maximum Gasteiger partial charge on any atom is 0.176 e. The molecule has 1 aromatic heterocycles. The number of benzene rings is 2. The summed E-state index contributed by atoms with van der Waals surface area (Å²) in [7, 11) is 3.26. The van der Waals surface area contributed by atoms with E-state index in [2.05, 4.69) is 0 Å². The molecule has 0 radical (unpaired) electrons. The van der Waals surface area contributed by atoms with Crippen molar-refractivity contribution in [1.82, 2.24) is 0 Å². The Kier molecular flexibility index (Phi) is 4.02. The zero-order chi connectivity index (χ0) is 15.5. The van der Waals surface area contributed by atoms with Crippen LogP contribution in [0.3, 0.4) is 0 Å². The Balaban J connectivity index is 2.20. The molecule has 1 N–H and O–H groups in total. The third-order valence-corrected chi connectivity index (χ3v) is 3.72. The normalized spacial score (nSPS) is 10.9. The van der Waals surface area contributed by atoms with Crippen molar-refractivity contribution in [3.63, 3.8) is 0 Å². The molecule has 4 heteroatoms. The Labute approximate surface area is 128 Å². The number of para-hydroxylation sites is 1. The molecule has 114 valence electrons. The molecule has 0 spiro atoms. The first-order valence-corrected chi connectivity index (χ1v) is 7.12. The van der Waals surface area contributed by atoms with Gasteiger partial charge in [-0.25, -0.2) is 0 Å². The van der Waals surface area contributed by atoms with E-state index < -0.39 is 0 Å². The van der Waals surface area contributed by atoms with E-state index in [-0.39, 0.29) is 6.61 Å². The van der Waals surface area contributed by atoms with E-state index in [0.29, 0.717) is 17.8 Å². The van der Waals surface area contributed by atoms with E-state index in [1.165, 1.54) is 0 Å². The van der Waals surface area contributed by atoms with Crippen LogP contribution in [0.1, 0.15) is 5.56 Å². The van der Waals surface area contributed by atoms with Crippen LogP contribution in [0.15, 0.2) is 46.9 Å². The summed E-state index contributed by atoms with van der Waals surface area (Å²) in [6.45, 7) is 0.0645. The first-order valence-electron chi connectivity index (χ1n) is 7.12. The maximum atomic E-state index is 9.38. The van der Waals surface area contributed by atoms with Gasteiger partial charge in [-0.15, -0.1) is 0 Å². The van der Waals surface area contributed by atoms with Crippen LogP contribution in [0, 0.1) is 0 Å². The summed E-state index contributed by atoms with van der Waals surface area (Å²) < 4.78 is 16.6. The molecule has 0 aliphatic rings. The van der Waals surface area contributed by atoms with E-state index >= 15 is 0 Å². The molecule has 1 heterocycles. The number of hydrogen-bond acceptors (Lipinski definition) is 4. The summed E-state index contributed by atoms with van der Waals surface area (Å²) in [6.07, 6.45) is 0.529. The highest BCUT2D eigenvalue weighted by atomic mass is 16.5. The number of aliphatic hydroxyl groups is 1. The van der Waals surface area contributed by atoms with E-state index in [1.807, 2.05) is 42.5 Å².